The Morgan fingerprint density at radius 2 is 2.16 bits per heavy atom. The normalized spacial score (nSPS) is 10.3. The van der Waals surface area contributed by atoms with E-state index in [1.165, 1.54) is 12.3 Å². The molecule has 5 nitrogen and oxygen atoms in total. The van der Waals surface area contributed by atoms with E-state index in [0.29, 0.717) is 27.1 Å². The van der Waals surface area contributed by atoms with Gasteiger partial charge in [-0.05, 0) is 24.3 Å². The molecule has 0 atom stereocenters. The van der Waals surface area contributed by atoms with Gasteiger partial charge in [-0.3, -0.25) is 10.2 Å². The first kappa shape index (κ1) is 13.7. The van der Waals surface area contributed by atoms with Crippen LogP contribution in [-0.2, 0) is 6.61 Å². The van der Waals surface area contributed by atoms with E-state index in [0.717, 1.165) is 0 Å². The lowest BCUT2D eigenvalue weighted by Crippen LogP contribution is -2.29. The van der Waals surface area contributed by atoms with Gasteiger partial charge in [-0.15, -0.1) is 0 Å². The summed E-state index contributed by atoms with van der Waals surface area (Å²) in [5, 5.41) is 0.927. The highest BCUT2D eigenvalue weighted by atomic mass is 35.5. The predicted molar refractivity (Wildman–Crippen MR) is 71.2 cm³/mol. The van der Waals surface area contributed by atoms with Crippen molar-refractivity contribution in [2.45, 2.75) is 6.61 Å². The molecule has 0 bridgehead atoms. The van der Waals surface area contributed by atoms with Crippen LogP contribution in [0.4, 0.5) is 0 Å². The highest BCUT2D eigenvalue weighted by Gasteiger charge is 2.10. The first-order valence-electron chi connectivity index (χ1n) is 5.26. The highest BCUT2D eigenvalue weighted by molar-refractivity contribution is 6.35. The third kappa shape index (κ3) is 3.41. The molecule has 0 unspecified atom stereocenters. The third-order valence-corrected chi connectivity index (χ3v) is 2.84. The summed E-state index contributed by atoms with van der Waals surface area (Å²) in [7, 11) is 0. The minimum atomic E-state index is -0.431. The molecule has 0 saturated carbocycles. The summed E-state index contributed by atoms with van der Waals surface area (Å²) in [6.07, 6.45) is 1.30. The number of amides is 1. The fraction of sp³-hybridized carbons (Fsp3) is 0.0833. The molecule has 0 spiro atoms. The lowest BCUT2D eigenvalue weighted by molar-refractivity contribution is 0.0953. The average Bonchev–Trinajstić information content (AvgIpc) is 2.85. The number of carbonyl (C=O) groups is 1. The van der Waals surface area contributed by atoms with E-state index < -0.39 is 5.91 Å². The third-order valence-electron chi connectivity index (χ3n) is 2.31. The zero-order chi connectivity index (χ0) is 13.8. The number of nitrogen functional groups attached to an aromatic ring is 1. The monoisotopic (exact) mass is 300 g/mol. The molecule has 7 heteroatoms. The summed E-state index contributed by atoms with van der Waals surface area (Å²) in [6.45, 7) is 0.138. The van der Waals surface area contributed by atoms with Crippen molar-refractivity contribution in [3.8, 4) is 5.75 Å². The Morgan fingerprint density at radius 3 is 2.84 bits per heavy atom. The molecule has 100 valence electrons. The van der Waals surface area contributed by atoms with Crippen molar-refractivity contribution in [2.75, 3.05) is 0 Å². The maximum Gasteiger partial charge on any atom is 0.268 e. The first-order chi connectivity index (χ1) is 9.10. The number of furan rings is 1. The quantitative estimate of drug-likeness (QED) is 0.517. The number of rotatable bonds is 4. The van der Waals surface area contributed by atoms with Crippen LogP contribution in [0, 0.1) is 0 Å². The van der Waals surface area contributed by atoms with Crippen LogP contribution in [0.15, 0.2) is 34.9 Å². The number of halogens is 2. The molecule has 0 aliphatic carbocycles. The topological polar surface area (TPSA) is 77.5 Å². The molecule has 1 aromatic heterocycles. The molecule has 2 rings (SSSR count). The molecule has 0 radical (unpaired) electrons. The van der Waals surface area contributed by atoms with Gasteiger partial charge in [-0.1, -0.05) is 23.2 Å². The zero-order valence-electron chi connectivity index (χ0n) is 9.65. The number of hydrogen-bond acceptors (Lipinski definition) is 4. The SMILES string of the molecule is NNC(=O)c1coc(COc2ccc(Cl)cc2Cl)c1. The Morgan fingerprint density at radius 1 is 1.37 bits per heavy atom. The summed E-state index contributed by atoms with van der Waals surface area (Å²) in [5.74, 6) is 5.53. The maximum absolute atomic E-state index is 11.2. The Bertz CT molecular complexity index is 598. The van der Waals surface area contributed by atoms with Gasteiger partial charge in [0.2, 0.25) is 0 Å². The molecular weight excluding hydrogens is 291 g/mol. The summed E-state index contributed by atoms with van der Waals surface area (Å²) >= 11 is 11.7. The van der Waals surface area contributed by atoms with Crippen LogP contribution in [0.2, 0.25) is 10.0 Å². The fourth-order valence-corrected chi connectivity index (χ4v) is 1.86. The number of benzene rings is 1. The summed E-state index contributed by atoms with van der Waals surface area (Å²) in [6, 6.07) is 6.43. The van der Waals surface area contributed by atoms with Crippen LogP contribution in [0.5, 0.6) is 5.75 Å². The van der Waals surface area contributed by atoms with E-state index >= 15 is 0 Å². The standard InChI is InChI=1S/C12H10Cl2N2O3/c13-8-1-2-11(10(14)4-8)19-6-9-3-7(5-18-9)12(17)16-15/h1-5H,6,15H2,(H,16,17). The number of hydrogen-bond donors (Lipinski definition) is 2. The zero-order valence-corrected chi connectivity index (χ0v) is 11.2. The molecule has 0 fully saturated rings. The maximum atomic E-state index is 11.2. The summed E-state index contributed by atoms with van der Waals surface area (Å²) < 4.78 is 10.6. The Kier molecular flexibility index (Phi) is 4.31. The molecule has 2 aromatic rings. The molecule has 1 heterocycles. The van der Waals surface area contributed by atoms with Gasteiger partial charge in [0.1, 0.15) is 24.4 Å². The van der Waals surface area contributed by atoms with Crippen molar-refractivity contribution in [2.24, 2.45) is 5.84 Å². The van der Waals surface area contributed by atoms with Gasteiger partial charge >= 0.3 is 0 Å². The Labute approximate surface area is 119 Å². The van der Waals surface area contributed by atoms with E-state index in [4.69, 9.17) is 38.2 Å². The number of carbonyl (C=O) groups excluding carboxylic acids is 1. The minimum Gasteiger partial charge on any atom is -0.484 e. The van der Waals surface area contributed by atoms with Gasteiger partial charge in [0.25, 0.3) is 5.91 Å². The van der Waals surface area contributed by atoms with Gasteiger partial charge in [0.15, 0.2) is 0 Å². The lowest BCUT2D eigenvalue weighted by atomic mass is 10.3. The molecule has 1 aromatic carbocycles. The predicted octanol–water partition coefficient (Wildman–Crippen LogP) is 2.77. The van der Waals surface area contributed by atoms with Crippen LogP contribution < -0.4 is 16.0 Å². The van der Waals surface area contributed by atoms with Gasteiger partial charge in [-0.2, -0.15) is 0 Å². The molecule has 0 aliphatic heterocycles. The molecule has 0 saturated heterocycles. The van der Waals surface area contributed by atoms with Crippen LogP contribution in [-0.4, -0.2) is 5.91 Å². The molecule has 0 aliphatic rings. The van der Waals surface area contributed by atoms with Crippen molar-refractivity contribution in [3.05, 3.63) is 51.9 Å². The smallest absolute Gasteiger partial charge is 0.268 e. The van der Waals surface area contributed by atoms with Crippen LogP contribution in [0.1, 0.15) is 16.1 Å². The van der Waals surface area contributed by atoms with Gasteiger partial charge in [-0.25, -0.2) is 5.84 Å². The molecular formula is C12H10Cl2N2O3. The van der Waals surface area contributed by atoms with Crippen molar-refractivity contribution in [3.63, 3.8) is 0 Å². The second-order valence-electron chi connectivity index (χ2n) is 3.64. The Hall–Kier alpha value is -1.69. The van der Waals surface area contributed by atoms with Crippen molar-refractivity contribution < 1.29 is 13.9 Å². The van der Waals surface area contributed by atoms with Crippen molar-refractivity contribution >= 4 is 29.1 Å². The van der Waals surface area contributed by atoms with Crippen molar-refractivity contribution in [1.82, 2.24) is 5.43 Å². The number of nitrogens with one attached hydrogen (secondary N) is 1. The largest absolute Gasteiger partial charge is 0.484 e. The van der Waals surface area contributed by atoms with Gasteiger partial charge < -0.3 is 9.15 Å². The molecule has 19 heavy (non-hydrogen) atoms. The number of nitrogens with two attached hydrogens (primary N) is 1. The van der Waals surface area contributed by atoms with E-state index in [2.05, 4.69) is 0 Å². The van der Waals surface area contributed by atoms with Crippen LogP contribution >= 0.6 is 23.2 Å². The second-order valence-corrected chi connectivity index (χ2v) is 4.48. The fourth-order valence-electron chi connectivity index (χ4n) is 1.40. The highest BCUT2D eigenvalue weighted by Crippen LogP contribution is 2.28. The van der Waals surface area contributed by atoms with E-state index in [1.807, 2.05) is 5.43 Å². The van der Waals surface area contributed by atoms with E-state index in [9.17, 15) is 4.79 Å². The lowest BCUT2D eigenvalue weighted by Gasteiger charge is -2.06. The molecule has 1 amide bonds. The Balaban J connectivity index is 2.02. The van der Waals surface area contributed by atoms with Gasteiger partial charge in [0, 0.05) is 5.02 Å². The minimum absolute atomic E-state index is 0.138. The van der Waals surface area contributed by atoms with Crippen molar-refractivity contribution in [1.29, 1.82) is 0 Å². The second kappa shape index (κ2) is 5.97. The van der Waals surface area contributed by atoms with Gasteiger partial charge in [0.05, 0.1) is 10.6 Å². The summed E-state index contributed by atoms with van der Waals surface area (Å²) in [4.78, 5) is 11.2. The van der Waals surface area contributed by atoms with Crippen LogP contribution in [0.3, 0.4) is 0 Å². The number of ether oxygens (including phenoxy) is 1. The molecule has 3 N–H and O–H groups in total. The van der Waals surface area contributed by atoms with E-state index in [-0.39, 0.29) is 6.61 Å². The number of hydrazine groups is 1. The first-order valence-corrected chi connectivity index (χ1v) is 6.02. The summed E-state index contributed by atoms with van der Waals surface area (Å²) in [5.41, 5.74) is 2.33. The van der Waals surface area contributed by atoms with E-state index in [1.54, 1.807) is 18.2 Å². The average molecular weight is 301 g/mol. The van der Waals surface area contributed by atoms with Crippen LogP contribution in [0.25, 0.3) is 0 Å².